The van der Waals surface area contributed by atoms with E-state index in [1.165, 1.54) is 23.5 Å². The summed E-state index contributed by atoms with van der Waals surface area (Å²) >= 11 is 1.98. The highest BCUT2D eigenvalue weighted by Crippen LogP contribution is 2.19. The molecule has 0 saturated heterocycles. The quantitative estimate of drug-likeness (QED) is 0.788. The summed E-state index contributed by atoms with van der Waals surface area (Å²) in [4.78, 5) is 0. The Morgan fingerprint density at radius 1 is 1.37 bits per heavy atom. The molecule has 0 unspecified atom stereocenters. The van der Waals surface area contributed by atoms with Crippen molar-refractivity contribution in [3.05, 3.63) is 30.1 Å². The van der Waals surface area contributed by atoms with Crippen molar-refractivity contribution in [2.45, 2.75) is 20.3 Å². The standard InChI is InChI=1S/C13H19N5S/c1-3-19-8-4-7-14-13-9-12(6-5-11(13)2)18-10-15-16-17-18/h5-6,9-10,14H,3-4,7-8H2,1-2H3. The molecule has 5 nitrogen and oxygen atoms in total. The van der Waals surface area contributed by atoms with Crippen molar-refractivity contribution in [2.75, 3.05) is 23.4 Å². The van der Waals surface area contributed by atoms with Gasteiger partial charge in [-0.1, -0.05) is 13.0 Å². The lowest BCUT2D eigenvalue weighted by molar-refractivity contribution is 0.789. The van der Waals surface area contributed by atoms with Gasteiger partial charge < -0.3 is 5.32 Å². The number of benzene rings is 1. The van der Waals surface area contributed by atoms with Crippen molar-refractivity contribution in [3.8, 4) is 5.69 Å². The van der Waals surface area contributed by atoms with Crippen LogP contribution in [-0.2, 0) is 0 Å². The zero-order chi connectivity index (χ0) is 13.5. The number of nitrogens with zero attached hydrogens (tertiary/aromatic N) is 4. The number of hydrogen-bond acceptors (Lipinski definition) is 5. The van der Waals surface area contributed by atoms with Gasteiger partial charge in [-0.25, -0.2) is 4.68 Å². The number of thioether (sulfide) groups is 1. The molecule has 1 heterocycles. The van der Waals surface area contributed by atoms with E-state index in [1.54, 1.807) is 11.0 Å². The predicted octanol–water partition coefficient (Wildman–Crippen LogP) is 2.53. The van der Waals surface area contributed by atoms with E-state index in [-0.39, 0.29) is 0 Å². The van der Waals surface area contributed by atoms with Crippen molar-refractivity contribution in [1.82, 2.24) is 20.2 Å². The Morgan fingerprint density at radius 2 is 2.26 bits per heavy atom. The summed E-state index contributed by atoms with van der Waals surface area (Å²) in [5, 5.41) is 14.7. The SMILES string of the molecule is CCSCCCNc1cc(-n2cnnn2)ccc1C. The zero-order valence-corrected chi connectivity index (χ0v) is 12.2. The molecule has 0 radical (unpaired) electrons. The fourth-order valence-corrected chi connectivity index (χ4v) is 2.40. The average Bonchev–Trinajstić information content (AvgIpc) is 2.94. The van der Waals surface area contributed by atoms with Crippen LogP contribution in [0.15, 0.2) is 24.5 Å². The maximum Gasteiger partial charge on any atom is 0.143 e. The van der Waals surface area contributed by atoms with Crippen LogP contribution in [0.3, 0.4) is 0 Å². The molecule has 2 aromatic rings. The molecule has 0 aliphatic carbocycles. The average molecular weight is 277 g/mol. The van der Waals surface area contributed by atoms with Crippen LogP contribution < -0.4 is 5.32 Å². The number of tetrazole rings is 1. The second kappa shape index (κ2) is 7.13. The zero-order valence-electron chi connectivity index (χ0n) is 11.3. The van der Waals surface area contributed by atoms with Gasteiger partial charge >= 0.3 is 0 Å². The van der Waals surface area contributed by atoms with Gasteiger partial charge in [0.15, 0.2) is 0 Å². The molecular formula is C13H19N5S. The van der Waals surface area contributed by atoms with Crippen LogP contribution in [0.25, 0.3) is 5.69 Å². The van der Waals surface area contributed by atoms with Crippen molar-refractivity contribution < 1.29 is 0 Å². The van der Waals surface area contributed by atoms with E-state index in [1.807, 2.05) is 17.8 Å². The molecule has 1 aromatic carbocycles. The third kappa shape index (κ3) is 3.96. The van der Waals surface area contributed by atoms with Crippen molar-refractivity contribution >= 4 is 17.4 Å². The Morgan fingerprint density at radius 3 is 3.00 bits per heavy atom. The normalized spacial score (nSPS) is 10.6. The number of rotatable bonds is 7. The summed E-state index contributed by atoms with van der Waals surface area (Å²) in [7, 11) is 0. The van der Waals surface area contributed by atoms with E-state index >= 15 is 0 Å². The van der Waals surface area contributed by atoms with E-state index in [2.05, 4.69) is 46.8 Å². The summed E-state index contributed by atoms with van der Waals surface area (Å²) < 4.78 is 1.66. The van der Waals surface area contributed by atoms with Crippen LogP contribution in [-0.4, -0.2) is 38.3 Å². The fraction of sp³-hybridized carbons (Fsp3) is 0.462. The number of anilines is 1. The summed E-state index contributed by atoms with van der Waals surface area (Å²) in [6, 6.07) is 6.18. The van der Waals surface area contributed by atoms with Crippen LogP contribution in [0.4, 0.5) is 5.69 Å². The minimum atomic E-state index is 0.973. The van der Waals surface area contributed by atoms with Gasteiger partial charge in [-0.05, 0) is 53.0 Å². The smallest absolute Gasteiger partial charge is 0.143 e. The van der Waals surface area contributed by atoms with Gasteiger partial charge in [0, 0.05) is 12.2 Å². The summed E-state index contributed by atoms with van der Waals surface area (Å²) in [6.45, 7) is 5.29. The number of aryl methyl sites for hydroxylation is 1. The van der Waals surface area contributed by atoms with Crippen molar-refractivity contribution in [2.24, 2.45) is 0 Å². The fourth-order valence-electron chi connectivity index (χ4n) is 1.76. The largest absolute Gasteiger partial charge is 0.385 e. The van der Waals surface area contributed by atoms with E-state index in [4.69, 9.17) is 0 Å². The topological polar surface area (TPSA) is 55.6 Å². The molecule has 0 atom stereocenters. The lowest BCUT2D eigenvalue weighted by Gasteiger charge is -2.11. The first-order valence-corrected chi connectivity index (χ1v) is 7.62. The summed E-state index contributed by atoms with van der Waals surface area (Å²) in [5.41, 5.74) is 3.36. The molecule has 6 heteroatoms. The second-order valence-corrected chi connectivity index (χ2v) is 5.62. The van der Waals surface area contributed by atoms with Gasteiger partial charge in [0.25, 0.3) is 0 Å². The summed E-state index contributed by atoms with van der Waals surface area (Å²) in [6.07, 6.45) is 2.78. The maximum absolute atomic E-state index is 3.90. The lowest BCUT2D eigenvalue weighted by Crippen LogP contribution is -2.05. The second-order valence-electron chi connectivity index (χ2n) is 4.23. The van der Waals surface area contributed by atoms with E-state index in [0.717, 1.165) is 17.9 Å². The molecule has 0 spiro atoms. The van der Waals surface area contributed by atoms with Gasteiger partial charge in [-0.15, -0.1) is 5.10 Å². The lowest BCUT2D eigenvalue weighted by atomic mass is 10.2. The van der Waals surface area contributed by atoms with Crippen LogP contribution in [0, 0.1) is 6.92 Å². The van der Waals surface area contributed by atoms with Crippen molar-refractivity contribution in [3.63, 3.8) is 0 Å². The first-order chi connectivity index (χ1) is 9.31. The molecule has 102 valence electrons. The van der Waals surface area contributed by atoms with Gasteiger partial charge in [0.2, 0.25) is 0 Å². The minimum Gasteiger partial charge on any atom is -0.385 e. The third-order valence-corrected chi connectivity index (χ3v) is 3.81. The van der Waals surface area contributed by atoms with E-state index in [9.17, 15) is 0 Å². The molecule has 0 aliphatic rings. The number of hydrogen-bond donors (Lipinski definition) is 1. The Labute approximate surface area is 117 Å². The molecular weight excluding hydrogens is 258 g/mol. The molecule has 0 bridgehead atoms. The molecule has 0 amide bonds. The molecule has 0 fully saturated rings. The minimum absolute atomic E-state index is 0.973. The van der Waals surface area contributed by atoms with Gasteiger partial charge in [0.1, 0.15) is 6.33 Å². The molecule has 2 rings (SSSR count). The Bertz CT molecular complexity index is 498. The molecule has 0 aliphatic heterocycles. The highest BCUT2D eigenvalue weighted by Gasteiger charge is 2.02. The third-order valence-electron chi connectivity index (χ3n) is 2.82. The van der Waals surface area contributed by atoms with Crippen LogP contribution >= 0.6 is 11.8 Å². The van der Waals surface area contributed by atoms with E-state index < -0.39 is 0 Å². The maximum atomic E-state index is 3.90. The van der Waals surface area contributed by atoms with Crippen molar-refractivity contribution in [1.29, 1.82) is 0 Å². The molecule has 1 N–H and O–H groups in total. The Kier molecular flexibility index (Phi) is 5.20. The van der Waals surface area contributed by atoms with Gasteiger partial charge in [0.05, 0.1) is 5.69 Å². The highest BCUT2D eigenvalue weighted by molar-refractivity contribution is 7.99. The molecule has 19 heavy (non-hydrogen) atoms. The summed E-state index contributed by atoms with van der Waals surface area (Å²) in [5.74, 6) is 2.39. The Balaban J connectivity index is 1.98. The molecule has 0 saturated carbocycles. The molecule has 1 aromatic heterocycles. The van der Waals surface area contributed by atoms with Crippen LogP contribution in [0.1, 0.15) is 18.9 Å². The van der Waals surface area contributed by atoms with Gasteiger partial charge in [-0.2, -0.15) is 11.8 Å². The first kappa shape index (κ1) is 13.9. The van der Waals surface area contributed by atoms with Crippen LogP contribution in [0.2, 0.25) is 0 Å². The highest BCUT2D eigenvalue weighted by atomic mass is 32.2. The first-order valence-electron chi connectivity index (χ1n) is 6.47. The van der Waals surface area contributed by atoms with Gasteiger partial charge in [-0.3, -0.25) is 0 Å². The monoisotopic (exact) mass is 277 g/mol. The van der Waals surface area contributed by atoms with E-state index in [0.29, 0.717) is 0 Å². The number of aromatic nitrogens is 4. The van der Waals surface area contributed by atoms with Crippen LogP contribution in [0.5, 0.6) is 0 Å². The predicted molar refractivity (Wildman–Crippen MR) is 80.0 cm³/mol. The number of nitrogens with one attached hydrogen (secondary N) is 1. The Hall–Kier alpha value is -1.56.